The zero-order valence-corrected chi connectivity index (χ0v) is 21.4. The average molecular weight is 505 g/mol. The second-order valence-corrected chi connectivity index (χ2v) is 11.5. The van der Waals surface area contributed by atoms with E-state index in [0.29, 0.717) is 29.0 Å². The maximum absolute atomic E-state index is 12.9. The number of esters is 1. The Kier molecular flexibility index (Phi) is 7.27. The highest BCUT2D eigenvalue weighted by molar-refractivity contribution is 7.99. The molecule has 0 aromatic carbocycles. The molecule has 5 rings (SSSR count). The van der Waals surface area contributed by atoms with Crippen molar-refractivity contribution in [1.29, 1.82) is 0 Å². The minimum absolute atomic E-state index is 0.151. The van der Waals surface area contributed by atoms with Gasteiger partial charge in [0.05, 0.1) is 30.6 Å². The van der Waals surface area contributed by atoms with Crippen molar-refractivity contribution >= 4 is 40.0 Å². The Hall–Kier alpha value is -1.91. The lowest BCUT2D eigenvalue weighted by Crippen LogP contribution is -2.19. The zero-order valence-electron chi connectivity index (χ0n) is 19.8. The minimum Gasteiger partial charge on any atom is -0.462 e. The fourth-order valence-corrected chi connectivity index (χ4v) is 6.93. The first kappa shape index (κ1) is 23.8. The lowest BCUT2D eigenvalue weighted by atomic mass is 9.88. The van der Waals surface area contributed by atoms with Crippen LogP contribution in [-0.2, 0) is 33.7 Å². The van der Waals surface area contributed by atoms with Gasteiger partial charge in [0.2, 0.25) is 5.91 Å². The highest BCUT2D eigenvalue weighted by Gasteiger charge is 2.32. The third-order valence-electron chi connectivity index (χ3n) is 6.67. The van der Waals surface area contributed by atoms with Crippen LogP contribution in [0.3, 0.4) is 0 Å². The van der Waals surface area contributed by atoms with Gasteiger partial charge in [-0.1, -0.05) is 18.7 Å². The molecule has 2 aromatic heterocycles. The number of amides is 1. The molecule has 0 bridgehead atoms. The van der Waals surface area contributed by atoms with Crippen molar-refractivity contribution in [3.63, 3.8) is 0 Å². The molecule has 2 atom stereocenters. The van der Waals surface area contributed by atoms with Gasteiger partial charge in [0.15, 0.2) is 5.16 Å². The number of carbonyl (C=O) groups is 2. The summed E-state index contributed by atoms with van der Waals surface area (Å²) in [6, 6.07) is 0. The van der Waals surface area contributed by atoms with Gasteiger partial charge in [0.25, 0.3) is 0 Å². The van der Waals surface area contributed by atoms with Gasteiger partial charge in [-0.2, -0.15) is 0 Å². The lowest BCUT2D eigenvalue weighted by molar-refractivity contribution is -0.113. The van der Waals surface area contributed by atoms with Crippen LogP contribution >= 0.6 is 23.1 Å². The highest BCUT2D eigenvalue weighted by atomic mass is 32.2. The van der Waals surface area contributed by atoms with E-state index in [9.17, 15) is 9.59 Å². The number of carbonyl (C=O) groups excluding carboxylic acids is 2. The molecule has 1 amide bonds. The number of thioether (sulfide) groups is 1. The van der Waals surface area contributed by atoms with Crippen molar-refractivity contribution in [2.24, 2.45) is 5.92 Å². The third-order valence-corrected chi connectivity index (χ3v) is 8.81. The Bertz CT molecular complexity index is 1060. The Morgan fingerprint density at radius 3 is 2.85 bits per heavy atom. The number of hydrogen-bond donors (Lipinski definition) is 1. The van der Waals surface area contributed by atoms with Crippen LogP contribution < -0.4 is 5.32 Å². The molecule has 1 saturated carbocycles. The summed E-state index contributed by atoms with van der Waals surface area (Å²) >= 11 is 2.91. The predicted octanol–water partition coefficient (Wildman–Crippen LogP) is 4.43. The van der Waals surface area contributed by atoms with E-state index < -0.39 is 0 Å². The number of aromatic nitrogens is 3. The van der Waals surface area contributed by atoms with E-state index >= 15 is 0 Å². The molecule has 2 unspecified atom stereocenters. The summed E-state index contributed by atoms with van der Waals surface area (Å²) in [5.41, 5.74) is 1.60. The molecule has 3 aliphatic rings. The molecule has 2 aromatic rings. The number of anilines is 1. The third kappa shape index (κ3) is 5.18. The van der Waals surface area contributed by atoms with Gasteiger partial charge in [-0.15, -0.1) is 21.5 Å². The number of fused-ring (bicyclic) bond motifs is 1. The first-order chi connectivity index (χ1) is 16.5. The van der Waals surface area contributed by atoms with Gasteiger partial charge in [-0.25, -0.2) is 4.79 Å². The topological polar surface area (TPSA) is 95.3 Å². The van der Waals surface area contributed by atoms with E-state index in [1.165, 1.54) is 28.0 Å². The molecule has 184 valence electrons. The standard InChI is InChI=1S/C24H32N4O4S2/c1-3-31-23(30)20-17-9-6-14(2)11-18(17)34-22(20)25-19(29)13-33-24-27-26-21(15-7-8-15)28(24)12-16-5-4-10-32-16/h14-16H,3-13H2,1-2H3,(H,25,29). The normalized spacial score (nSPS) is 21.9. The maximum atomic E-state index is 12.9. The molecular formula is C24H32N4O4S2. The van der Waals surface area contributed by atoms with Gasteiger partial charge in [0, 0.05) is 17.4 Å². The molecule has 0 radical (unpaired) electrons. The number of ether oxygens (including phenoxy) is 2. The molecule has 1 N–H and O–H groups in total. The van der Waals surface area contributed by atoms with Gasteiger partial charge in [-0.3, -0.25) is 4.79 Å². The van der Waals surface area contributed by atoms with E-state index in [1.807, 2.05) is 0 Å². The Morgan fingerprint density at radius 1 is 1.26 bits per heavy atom. The summed E-state index contributed by atoms with van der Waals surface area (Å²) in [6.45, 7) is 5.89. The molecule has 8 nitrogen and oxygen atoms in total. The van der Waals surface area contributed by atoms with Crippen LogP contribution in [0.4, 0.5) is 5.00 Å². The molecule has 3 heterocycles. The predicted molar refractivity (Wildman–Crippen MR) is 132 cm³/mol. The smallest absolute Gasteiger partial charge is 0.341 e. The van der Waals surface area contributed by atoms with Crippen molar-refractivity contribution in [2.45, 2.75) is 82.5 Å². The van der Waals surface area contributed by atoms with E-state index in [2.05, 4.69) is 27.0 Å². The van der Waals surface area contributed by atoms with E-state index in [1.54, 1.807) is 6.92 Å². The van der Waals surface area contributed by atoms with E-state index in [0.717, 1.165) is 74.6 Å². The van der Waals surface area contributed by atoms with Crippen LogP contribution in [0.2, 0.25) is 0 Å². The molecular weight excluding hydrogens is 472 g/mol. The van der Waals surface area contributed by atoms with Crippen LogP contribution in [0.15, 0.2) is 5.16 Å². The fraction of sp³-hybridized carbons (Fsp3) is 0.667. The summed E-state index contributed by atoms with van der Waals surface area (Å²) < 4.78 is 13.3. The van der Waals surface area contributed by atoms with Gasteiger partial charge in [-0.05, 0) is 63.4 Å². The molecule has 1 aliphatic heterocycles. The molecule has 0 spiro atoms. The van der Waals surface area contributed by atoms with Crippen molar-refractivity contribution in [2.75, 3.05) is 24.3 Å². The quantitative estimate of drug-likeness (QED) is 0.399. The number of hydrogen-bond acceptors (Lipinski definition) is 8. The summed E-state index contributed by atoms with van der Waals surface area (Å²) in [6.07, 6.45) is 7.45. The second kappa shape index (κ2) is 10.4. The summed E-state index contributed by atoms with van der Waals surface area (Å²) in [5, 5.41) is 13.2. The van der Waals surface area contributed by atoms with Crippen LogP contribution in [0.25, 0.3) is 0 Å². The van der Waals surface area contributed by atoms with Crippen LogP contribution in [0.1, 0.15) is 78.5 Å². The zero-order chi connectivity index (χ0) is 23.7. The summed E-state index contributed by atoms with van der Waals surface area (Å²) in [4.78, 5) is 26.9. The van der Waals surface area contributed by atoms with Crippen molar-refractivity contribution in [3.05, 3.63) is 21.8 Å². The van der Waals surface area contributed by atoms with E-state index in [-0.39, 0.29) is 23.7 Å². The maximum Gasteiger partial charge on any atom is 0.341 e. The Labute approximate surface area is 208 Å². The van der Waals surface area contributed by atoms with Gasteiger partial charge < -0.3 is 19.4 Å². The van der Waals surface area contributed by atoms with Crippen LogP contribution in [0, 0.1) is 5.92 Å². The SMILES string of the molecule is CCOC(=O)c1c(NC(=O)CSc2nnc(C3CC3)n2CC2CCCO2)sc2c1CCC(C)C2. The Morgan fingerprint density at radius 2 is 2.12 bits per heavy atom. The number of rotatable bonds is 9. The number of nitrogens with zero attached hydrogens (tertiary/aromatic N) is 3. The van der Waals surface area contributed by atoms with E-state index in [4.69, 9.17) is 9.47 Å². The number of thiophene rings is 1. The van der Waals surface area contributed by atoms with Crippen molar-refractivity contribution in [3.8, 4) is 0 Å². The monoisotopic (exact) mass is 504 g/mol. The number of nitrogens with one attached hydrogen (secondary N) is 1. The molecule has 1 saturated heterocycles. The second-order valence-electron chi connectivity index (χ2n) is 9.47. The molecule has 34 heavy (non-hydrogen) atoms. The fourth-order valence-electron chi connectivity index (χ4n) is 4.76. The van der Waals surface area contributed by atoms with Gasteiger partial charge >= 0.3 is 5.97 Å². The summed E-state index contributed by atoms with van der Waals surface area (Å²) in [7, 11) is 0. The first-order valence-corrected chi connectivity index (χ1v) is 14.1. The highest BCUT2D eigenvalue weighted by Crippen LogP contribution is 2.41. The van der Waals surface area contributed by atoms with Crippen molar-refractivity contribution < 1.29 is 19.1 Å². The first-order valence-electron chi connectivity index (χ1n) is 12.3. The Balaban J connectivity index is 1.28. The van der Waals surface area contributed by atoms with Gasteiger partial charge in [0.1, 0.15) is 10.8 Å². The summed E-state index contributed by atoms with van der Waals surface area (Å²) in [5.74, 6) is 1.78. The lowest BCUT2D eigenvalue weighted by Gasteiger charge is -2.18. The molecule has 10 heteroatoms. The van der Waals surface area contributed by atoms with Crippen molar-refractivity contribution in [1.82, 2.24) is 14.8 Å². The van der Waals surface area contributed by atoms with Crippen LogP contribution in [0.5, 0.6) is 0 Å². The molecule has 2 aliphatic carbocycles. The minimum atomic E-state index is -0.345. The van der Waals surface area contributed by atoms with Crippen LogP contribution in [-0.4, -0.2) is 51.7 Å². The average Bonchev–Trinajstić information content (AvgIpc) is 3.21. The molecule has 2 fully saturated rings. The largest absolute Gasteiger partial charge is 0.462 e.